The quantitative estimate of drug-likeness (QED) is 0.0343. The Morgan fingerprint density at radius 3 is 1.13 bits per heavy atom. The topological polar surface area (TPSA) is 349 Å². The first kappa shape index (κ1) is 82.8. The second-order valence-corrected chi connectivity index (χ2v) is 34.7. The number of hydrogen-bond acceptors (Lipinski definition) is 24. The highest BCUT2D eigenvalue weighted by Gasteiger charge is 2.49. The van der Waals surface area contributed by atoms with Crippen molar-refractivity contribution >= 4 is 148 Å². The highest BCUT2D eigenvalue weighted by Crippen LogP contribution is 2.42. The summed E-state index contributed by atoms with van der Waals surface area (Å²) in [5, 5.41) is 43.9. The summed E-state index contributed by atoms with van der Waals surface area (Å²) in [5.74, 6) is 0.0595. The molecule has 6 N–H and O–H groups in total. The maximum Gasteiger partial charge on any atom is 0.258 e. The van der Waals surface area contributed by atoms with Gasteiger partial charge < -0.3 is 44.9 Å². The maximum atomic E-state index is 13.6. The van der Waals surface area contributed by atoms with Crippen molar-refractivity contribution in [1.29, 1.82) is 0 Å². The number of ether oxygens (including phenoxy) is 3. The van der Waals surface area contributed by atoms with Crippen LogP contribution >= 0.6 is 45.6 Å². The van der Waals surface area contributed by atoms with Gasteiger partial charge in [0.2, 0.25) is 17.7 Å². The zero-order valence-electron chi connectivity index (χ0n) is 67.9. The molecule has 1 unspecified atom stereocenters. The number of amides is 6. The van der Waals surface area contributed by atoms with Crippen LogP contribution in [-0.4, -0.2) is 262 Å². The monoisotopic (exact) mass is 1720 g/mol. The lowest BCUT2D eigenvalue weighted by Crippen LogP contribution is -2.48. The Labute approximate surface area is 720 Å². The van der Waals surface area contributed by atoms with E-state index in [1.807, 2.05) is 144 Å². The summed E-state index contributed by atoms with van der Waals surface area (Å²) in [6.45, 7) is 9.30. The summed E-state index contributed by atoms with van der Waals surface area (Å²) in [6, 6.07) is 28.6. The number of likely N-dealkylation sites (tertiary alicyclic amines) is 3. The number of hydrogen-bond donors (Lipinski definition) is 6. The Kier molecular flexibility index (Phi) is 24.6. The number of fused-ring (bicyclic) bond motifs is 3. The number of anilines is 3. The Morgan fingerprint density at radius 2 is 0.803 bits per heavy atom. The van der Waals surface area contributed by atoms with Gasteiger partial charge in [-0.25, -0.2) is 19.9 Å². The van der Waals surface area contributed by atoms with Gasteiger partial charge in [-0.2, -0.15) is 15.3 Å². The van der Waals surface area contributed by atoms with Crippen LogP contribution in [0.4, 0.5) is 17.1 Å². The molecule has 3 atom stereocenters. The molecular weight excluding hydrogens is 1630 g/mol. The lowest BCUT2D eigenvalue weighted by Gasteiger charge is -2.29. The van der Waals surface area contributed by atoms with E-state index in [1.54, 1.807) is 86.2 Å². The van der Waals surface area contributed by atoms with Crippen LogP contribution in [-0.2, 0) is 43.0 Å². The molecule has 0 radical (unpaired) electrons. The molecule has 0 bridgehead atoms. The number of methoxy groups -OCH3 is 3. The number of thiazole rings is 3. The number of aryl methyl sites for hydroxylation is 1. The fraction of sp³-hybridized carbons (Fsp3) is 0.352. The molecule has 15 heterocycles. The van der Waals surface area contributed by atoms with E-state index in [-0.39, 0.29) is 55.1 Å². The van der Waals surface area contributed by atoms with Gasteiger partial charge in [-0.05, 0) is 166 Å². The van der Waals surface area contributed by atoms with E-state index < -0.39 is 16.8 Å². The Hall–Kier alpha value is -11.5. The predicted octanol–water partition coefficient (Wildman–Crippen LogP) is 12.1. The summed E-state index contributed by atoms with van der Waals surface area (Å²) >= 11 is 10.9. The average molecular weight is 1720 g/mol. The molecule has 628 valence electrons. The lowest BCUT2D eigenvalue weighted by molar-refractivity contribution is -0.138. The standard InChI is InChI=1S/C31H33N7O3S.C29H31N7O3S.C28H28ClN7O3S/c1-41-31(9-14-37(19-31)18-27(39)38-12-7-21(8-13-38)29-33-11-15-42-29)30(40)34-23-4-5-25-24(17-23)28(36-35-25)22-6-10-32-26(16-22)20-2-3-20;1-19-15-21(5-9-30-19)26-23-16-22(3-4-24(23)33-34-26)32-28(38)29(39-2)8-13-35(18-29)17-25(37)36-11-6-20(7-12-36)27-31-10-14-40-27;1-39-28(7-12-35(17-28)16-24(37)36-10-5-18(6-11-36)26-31-9-13-40-26)27(38)32-20-2-3-22-21(15-20)25(34-33-22)19-4-8-30-23(29)14-19/h4-7,10-11,15-17,20H,2-3,8-9,12-14,18-19H2,1H3,(H,34,40)(H,35,36);3-6,9-10,14-16H,7-8,11-13,17-18H2,1-2H3,(H,32,38)(H,33,34);2-5,8-9,13-15H,6-7,10-12,16-17H2,1H3,(H,32,38)(H,33,34)/t31-;;28-/m0.0/s1. The number of aromatic amines is 3. The van der Waals surface area contributed by atoms with Crippen molar-refractivity contribution in [2.24, 2.45) is 0 Å². The molecule has 4 fully saturated rings. The molecule has 30 nitrogen and oxygen atoms in total. The fourth-order valence-corrected chi connectivity index (χ4v) is 19.0. The first-order valence-corrected chi connectivity index (χ1v) is 43.7. The van der Waals surface area contributed by atoms with Gasteiger partial charge >= 0.3 is 0 Å². The molecular formula is C88H92ClN21O9S3. The smallest absolute Gasteiger partial charge is 0.258 e. The molecule has 122 heavy (non-hydrogen) atoms. The number of aromatic nitrogens is 12. The van der Waals surface area contributed by atoms with Crippen molar-refractivity contribution < 1.29 is 43.0 Å². The Morgan fingerprint density at radius 1 is 0.443 bits per heavy atom. The molecule has 3 aromatic carbocycles. The number of H-pyrrole nitrogens is 3. The van der Waals surface area contributed by atoms with Crippen LogP contribution in [0.5, 0.6) is 0 Å². The molecule has 1 saturated carbocycles. The van der Waals surface area contributed by atoms with Gasteiger partial charge in [-0.3, -0.25) is 68.7 Å². The minimum atomic E-state index is -1.05. The molecule has 7 aliphatic rings. The van der Waals surface area contributed by atoms with Gasteiger partial charge in [0.05, 0.1) is 36.2 Å². The Bertz CT molecular complexity index is 5730. The Balaban J connectivity index is 0.000000130. The second kappa shape index (κ2) is 36.3. The molecule has 1 aliphatic carbocycles. The predicted molar refractivity (Wildman–Crippen MR) is 472 cm³/mol. The van der Waals surface area contributed by atoms with E-state index in [2.05, 4.69) is 101 Å². The zero-order valence-corrected chi connectivity index (χ0v) is 71.1. The molecule has 19 rings (SSSR count). The highest BCUT2D eigenvalue weighted by atomic mass is 35.5. The van der Waals surface area contributed by atoms with E-state index in [0.717, 1.165) is 106 Å². The van der Waals surface area contributed by atoms with Crippen LogP contribution in [0.3, 0.4) is 0 Å². The number of halogens is 1. The average Bonchev–Trinajstić information content (AvgIpc) is 1.62. The van der Waals surface area contributed by atoms with Crippen LogP contribution in [0.1, 0.15) is 83.7 Å². The van der Waals surface area contributed by atoms with Crippen LogP contribution in [0.2, 0.25) is 5.15 Å². The molecule has 0 spiro atoms. The number of benzene rings is 3. The summed E-state index contributed by atoms with van der Waals surface area (Å²) in [6.07, 6.45) is 23.2. The van der Waals surface area contributed by atoms with E-state index >= 15 is 0 Å². The maximum absolute atomic E-state index is 13.6. The molecule has 9 aromatic heterocycles. The van der Waals surface area contributed by atoms with Crippen molar-refractivity contribution in [3.05, 3.63) is 194 Å². The number of nitrogens with one attached hydrogen (secondary N) is 6. The number of pyridine rings is 3. The van der Waals surface area contributed by atoms with Crippen LogP contribution < -0.4 is 16.0 Å². The third-order valence-corrected chi connectivity index (χ3v) is 26.7. The molecule has 3 saturated heterocycles. The third kappa shape index (κ3) is 18.2. The molecule has 6 amide bonds. The number of nitrogens with zero attached hydrogens (tertiary/aromatic N) is 15. The second-order valence-electron chi connectivity index (χ2n) is 31.6. The van der Waals surface area contributed by atoms with Crippen molar-refractivity contribution in [3.8, 4) is 33.8 Å². The number of rotatable bonds is 22. The van der Waals surface area contributed by atoms with Gasteiger partial charge in [-0.1, -0.05) is 29.8 Å². The first-order valence-electron chi connectivity index (χ1n) is 40.7. The number of carbonyl (C=O) groups excluding carboxylic acids is 6. The van der Waals surface area contributed by atoms with E-state index in [0.29, 0.717) is 132 Å². The van der Waals surface area contributed by atoms with Crippen LogP contribution in [0.15, 0.2) is 163 Å². The van der Waals surface area contributed by atoms with Crippen LogP contribution in [0.25, 0.3) is 83.2 Å². The summed E-state index contributed by atoms with van der Waals surface area (Å²) in [5.41, 5.74) is 12.2. The van der Waals surface area contributed by atoms with E-state index in [4.69, 9.17) is 25.8 Å². The minimum Gasteiger partial charge on any atom is -0.367 e. The van der Waals surface area contributed by atoms with Crippen molar-refractivity contribution in [3.63, 3.8) is 0 Å². The molecule has 34 heteroatoms. The fourth-order valence-electron chi connectivity index (χ4n) is 16.7. The number of carbonyl (C=O) groups is 6. The lowest BCUT2D eigenvalue weighted by atomic mass is 10.0. The van der Waals surface area contributed by atoms with Crippen LogP contribution in [0, 0.1) is 6.92 Å². The summed E-state index contributed by atoms with van der Waals surface area (Å²) in [7, 11) is 4.67. The largest absolute Gasteiger partial charge is 0.367 e. The highest BCUT2D eigenvalue weighted by molar-refractivity contribution is 7.11. The van der Waals surface area contributed by atoms with Crippen molar-refractivity contribution in [2.75, 3.05) is 135 Å². The summed E-state index contributed by atoms with van der Waals surface area (Å²) in [4.78, 5) is 117. The first-order chi connectivity index (χ1) is 59.4. The normalized spacial score (nSPS) is 20.1. The minimum absolute atomic E-state index is 0.0518. The van der Waals surface area contributed by atoms with Gasteiger partial charge in [0, 0.05) is 220 Å². The van der Waals surface area contributed by atoms with Gasteiger partial charge in [0.25, 0.3) is 17.7 Å². The van der Waals surface area contributed by atoms with E-state index in [9.17, 15) is 28.8 Å². The van der Waals surface area contributed by atoms with Gasteiger partial charge in [0.1, 0.15) is 37.3 Å². The third-order valence-electron chi connectivity index (χ3n) is 23.9. The van der Waals surface area contributed by atoms with Gasteiger partial charge in [-0.15, -0.1) is 34.0 Å². The van der Waals surface area contributed by atoms with E-state index in [1.165, 1.54) is 29.6 Å². The zero-order chi connectivity index (χ0) is 84.1. The summed E-state index contributed by atoms with van der Waals surface area (Å²) < 4.78 is 17.4. The van der Waals surface area contributed by atoms with Crippen molar-refractivity contribution in [1.82, 2.24) is 89.9 Å². The molecule has 12 aromatic rings. The van der Waals surface area contributed by atoms with Gasteiger partial charge in [0.15, 0.2) is 16.8 Å². The van der Waals surface area contributed by atoms with Crippen molar-refractivity contribution in [2.45, 2.75) is 81.0 Å². The SMILES string of the molecule is COC1(C(=O)Nc2ccc3[nH]nc(-c4ccnc(C)c4)c3c2)CCN(CC(=O)N2CC=C(c3nccs3)CC2)C1.CO[C@@]1(C(=O)Nc2ccc3[nH]nc(-c4ccnc(C5CC5)c4)c3c2)CCN(CC(=O)N2CC=C(c3nccs3)CC2)C1.CO[C@@]1(C(=O)Nc2ccc3[nH]nc(-c4ccnc(Cl)c4)c3c2)CCN(CC(=O)N2CC=C(c3nccs3)CC2)C1. The molecule has 6 aliphatic heterocycles.